The van der Waals surface area contributed by atoms with Gasteiger partial charge in [0.1, 0.15) is 12.6 Å². The molecule has 0 aliphatic rings. The van der Waals surface area contributed by atoms with Gasteiger partial charge >= 0.3 is 5.97 Å². The maximum absolute atomic E-state index is 11.7. The van der Waals surface area contributed by atoms with Crippen molar-refractivity contribution in [3.63, 3.8) is 0 Å². The molecule has 0 saturated heterocycles. The maximum atomic E-state index is 11.7. The minimum atomic E-state index is -1.14. The molecule has 1 atom stereocenters. The zero-order chi connectivity index (χ0) is 15.1. The van der Waals surface area contributed by atoms with Gasteiger partial charge < -0.3 is 10.4 Å². The lowest BCUT2D eigenvalue weighted by molar-refractivity contribution is -0.142. The average molecular weight is 301 g/mol. The van der Waals surface area contributed by atoms with Crippen LogP contribution >= 0.6 is 11.8 Å². The number of amides is 1. The van der Waals surface area contributed by atoms with Crippen molar-refractivity contribution in [1.82, 2.24) is 15.1 Å². The second-order valence-corrected chi connectivity index (χ2v) is 4.96. The smallest absolute Gasteiger partial charge is 0.326 e. The van der Waals surface area contributed by atoms with E-state index >= 15 is 0 Å². The van der Waals surface area contributed by atoms with Gasteiger partial charge in [0.2, 0.25) is 5.91 Å². The molecule has 3 N–H and O–H groups in total. The molecule has 0 spiro atoms. The highest BCUT2D eigenvalue weighted by atomic mass is 32.2. The van der Waals surface area contributed by atoms with Crippen LogP contribution in [-0.2, 0) is 16.1 Å². The number of carbonyl (C=O) groups excluding carboxylic acids is 1. The van der Waals surface area contributed by atoms with Crippen molar-refractivity contribution in [1.29, 1.82) is 0 Å². The van der Waals surface area contributed by atoms with Gasteiger partial charge in [-0.3, -0.25) is 19.5 Å². The van der Waals surface area contributed by atoms with E-state index in [4.69, 9.17) is 5.11 Å². The maximum Gasteiger partial charge on any atom is 0.326 e. The number of carbonyl (C=O) groups is 2. The third kappa shape index (κ3) is 4.92. The Kier molecular flexibility index (Phi) is 6.04. The SMILES string of the molecule is CSCC[C@H](NC(=O)Cn1[nH]c(=O)ccc1=O)C(=O)O. The second kappa shape index (κ2) is 7.53. The van der Waals surface area contributed by atoms with Gasteiger partial charge in [-0.25, -0.2) is 9.48 Å². The van der Waals surface area contributed by atoms with E-state index in [1.165, 1.54) is 11.8 Å². The Bertz CT molecular complexity index is 594. The quantitative estimate of drug-likeness (QED) is 0.585. The van der Waals surface area contributed by atoms with Crippen LogP contribution in [0, 0.1) is 0 Å². The Morgan fingerprint density at radius 3 is 2.75 bits per heavy atom. The van der Waals surface area contributed by atoms with Crippen molar-refractivity contribution in [3.8, 4) is 0 Å². The van der Waals surface area contributed by atoms with Crippen LogP contribution in [0.15, 0.2) is 21.7 Å². The monoisotopic (exact) mass is 301 g/mol. The molecule has 1 aromatic rings. The van der Waals surface area contributed by atoms with E-state index < -0.39 is 35.6 Å². The molecule has 0 radical (unpaired) electrons. The Balaban J connectivity index is 2.70. The first kappa shape index (κ1) is 16.0. The predicted molar refractivity (Wildman–Crippen MR) is 73.9 cm³/mol. The average Bonchev–Trinajstić information content (AvgIpc) is 2.38. The molecule has 0 aliphatic carbocycles. The molecule has 1 heterocycles. The van der Waals surface area contributed by atoms with Gasteiger partial charge in [0.05, 0.1) is 0 Å². The standard InChI is InChI=1S/C11H15N3O5S/c1-20-5-4-7(11(18)19)12-9(16)6-14-10(17)3-2-8(15)13-14/h2-3,7H,4-6H2,1H3,(H,12,16)(H,13,15)(H,18,19)/t7-/m0/s1. The number of nitrogens with zero attached hydrogens (tertiary/aromatic N) is 1. The first-order valence-electron chi connectivity index (χ1n) is 5.75. The predicted octanol–water partition coefficient (Wildman–Crippen LogP) is -1.14. The molecule has 1 rings (SSSR count). The molecule has 0 bridgehead atoms. The van der Waals surface area contributed by atoms with E-state index in [0.29, 0.717) is 5.75 Å². The number of aromatic nitrogens is 2. The van der Waals surface area contributed by atoms with Gasteiger partial charge in [-0.05, 0) is 18.4 Å². The summed E-state index contributed by atoms with van der Waals surface area (Å²) >= 11 is 1.47. The molecule has 0 saturated carbocycles. The summed E-state index contributed by atoms with van der Waals surface area (Å²) < 4.78 is 0.825. The van der Waals surface area contributed by atoms with E-state index in [-0.39, 0.29) is 6.42 Å². The van der Waals surface area contributed by atoms with Crippen LogP contribution in [0.5, 0.6) is 0 Å². The summed E-state index contributed by atoms with van der Waals surface area (Å²) in [5.41, 5.74) is -1.06. The van der Waals surface area contributed by atoms with Gasteiger partial charge in [-0.1, -0.05) is 0 Å². The van der Waals surface area contributed by atoms with Crippen LogP contribution < -0.4 is 16.4 Å². The van der Waals surface area contributed by atoms with Crippen molar-refractivity contribution in [3.05, 3.63) is 32.8 Å². The first-order valence-corrected chi connectivity index (χ1v) is 7.14. The molecule has 0 fully saturated rings. The molecule has 20 heavy (non-hydrogen) atoms. The second-order valence-electron chi connectivity index (χ2n) is 3.97. The molecule has 1 amide bonds. The Morgan fingerprint density at radius 1 is 1.45 bits per heavy atom. The van der Waals surface area contributed by atoms with Gasteiger partial charge in [0.15, 0.2) is 0 Å². The third-order valence-corrected chi connectivity index (χ3v) is 3.08. The van der Waals surface area contributed by atoms with E-state index in [2.05, 4.69) is 10.4 Å². The minimum Gasteiger partial charge on any atom is -0.480 e. The zero-order valence-electron chi connectivity index (χ0n) is 10.8. The number of aliphatic carboxylic acids is 1. The van der Waals surface area contributed by atoms with E-state index in [0.717, 1.165) is 16.8 Å². The highest BCUT2D eigenvalue weighted by molar-refractivity contribution is 7.98. The summed E-state index contributed by atoms with van der Waals surface area (Å²) in [4.78, 5) is 45.1. The summed E-state index contributed by atoms with van der Waals surface area (Å²) in [6.45, 7) is -0.433. The Labute approximate surface area is 118 Å². The largest absolute Gasteiger partial charge is 0.480 e. The van der Waals surface area contributed by atoms with Crippen molar-refractivity contribution in [2.75, 3.05) is 12.0 Å². The van der Waals surface area contributed by atoms with Gasteiger partial charge in [0, 0.05) is 12.1 Å². The van der Waals surface area contributed by atoms with Crippen molar-refractivity contribution in [2.45, 2.75) is 19.0 Å². The summed E-state index contributed by atoms with van der Waals surface area (Å²) in [5, 5.41) is 13.5. The number of rotatable bonds is 7. The third-order valence-electron chi connectivity index (χ3n) is 2.43. The minimum absolute atomic E-state index is 0.280. The Hall–Kier alpha value is -2.03. The topological polar surface area (TPSA) is 121 Å². The molecule has 9 heteroatoms. The summed E-state index contributed by atoms with van der Waals surface area (Å²) in [6.07, 6.45) is 2.11. The van der Waals surface area contributed by atoms with Crippen molar-refractivity contribution < 1.29 is 14.7 Å². The summed E-state index contributed by atoms with van der Waals surface area (Å²) in [7, 11) is 0. The first-order chi connectivity index (χ1) is 9.43. The highest BCUT2D eigenvalue weighted by Gasteiger charge is 2.19. The van der Waals surface area contributed by atoms with Crippen LogP contribution in [0.2, 0.25) is 0 Å². The lowest BCUT2D eigenvalue weighted by Crippen LogP contribution is -2.44. The van der Waals surface area contributed by atoms with Crippen LogP contribution in [0.4, 0.5) is 0 Å². The van der Waals surface area contributed by atoms with Crippen LogP contribution in [-0.4, -0.2) is 44.8 Å². The molecule has 1 aromatic heterocycles. The molecule has 0 unspecified atom stereocenters. The number of nitrogens with one attached hydrogen (secondary N) is 2. The fourth-order valence-electron chi connectivity index (χ4n) is 1.46. The number of carboxylic acids is 1. The molecule has 8 nitrogen and oxygen atoms in total. The highest BCUT2D eigenvalue weighted by Crippen LogP contribution is 2.01. The van der Waals surface area contributed by atoms with Crippen LogP contribution in [0.25, 0.3) is 0 Å². The summed E-state index contributed by atoms with van der Waals surface area (Å²) in [6, 6.07) is 1.07. The van der Waals surface area contributed by atoms with Gasteiger partial charge in [0.25, 0.3) is 11.1 Å². The number of hydrogen-bond donors (Lipinski definition) is 3. The van der Waals surface area contributed by atoms with Crippen molar-refractivity contribution >= 4 is 23.6 Å². The normalized spacial score (nSPS) is 11.8. The fraction of sp³-hybridized carbons (Fsp3) is 0.455. The number of aromatic amines is 1. The van der Waals surface area contributed by atoms with Gasteiger partial charge in [-0.15, -0.1) is 0 Å². The Morgan fingerprint density at radius 2 is 2.15 bits per heavy atom. The number of carboxylic acid groups (broad SMARTS) is 1. The van der Waals surface area contributed by atoms with E-state index in [9.17, 15) is 19.2 Å². The molecular weight excluding hydrogens is 286 g/mol. The van der Waals surface area contributed by atoms with E-state index in [1.54, 1.807) is 0 Å². The van der Waals surface area contributed by atoms with Crippen LogP contribution in [0.1, 0.15) is 6.42 Å². The molecule has 0 aliphatic heterocycles. The molecular formula is C11H15N3O5S. The zero-order valence-corrected chi connectivity index (χ0v) is 11.6. The van der Waals surface area contributed by atoms with Gasteiger partial charge in [-0.2, -0.15) is 11.8 Å². The van der Waals surface area contributed by atoms with Crippen molar-refractivity contribution in [2.24, 2.45) is 0 Å². The molecule has 110 valence electrons. The molecule has 0 aromatic carbocycles. The summed E-state index contributed by atoms with van der Waals surface area (Å²) in [5.74, 6) is -1.21. The fourth-order valence-corrected chi connectivity index (χ4v) is 1.93. The number of H-pyrrole nitrogens is 1. The van der Waals surface area contributed by atoms with Crippen LogP contribution in [0.3, 0.4) is 0 Å². The number of hydrogen-bond acceptors (Lipinski definition) is 5. The lowest BCUT2D eigenvalue weighted by atomic mass is 10.2. The lowest BCUT2D eigenvalue weighted by Gasteiger charge is -2.14. The number of thioether (sulfide) groups is 1. The van der Waals surface area contributed by atoms with E-state index in [1.807, 2.05) is 6.26 Å².